The Bertz CT molecular complexity index is 154. The molecule has 90 valence electrons. The summed E-state index contributed by atoms with van der Waals surface area (Å²) in [5, 5.41) is 7.12. The van der Waals surface area contributed by atoms with Crippen molar-refractivity contribution in [3.63, 3.8) is 0 Å². The number of rotatable bonds is 5. The second kappa shape index (κ2) is 6.46. The molecule has 1 saturated heterocycles. The van der Waals surface area contributed by atoms with Crippen LogP contribution in [0.3, 0.4) is 0 Å². The molecule has 2 unspecified atom stereocenters. The molecule has 0 spiro atoms. The molecule has 0 aromatic heterocycles. The van der Waals surface area contributed by atoms with E-state index in [-0.39, 0.29) is 0 Å². The van der Waals surface area contributed by atoms with Crippen molar-refractivity contribution < 1.29 is 0 Å². The second-order valence-electron chi connectivity index (χ2n) is 5.23. The molecule has 0 radical (unpaired) electrons. The van der Waals surface area contributed by atoms with E-state index in [0.29, 0.717) is 18.0 Å². The lowest BCUT2D eigenvalue weighted by atomic mass is 10.0. The largest absolute Gasteiger partial charge is 0.315 e. The maximum atomic E-state index is 3.68. The minimum Gasteiger partial charge on any atom is -0.315 e. The molecule has 3 nitrogen and oxygen atoms in total. The van der Waals surface area contributed by atoms with Crippen LogP contribution in [-0.2, 0) is 0 Å². The lowest BCUT2D eigenvalue weighted by Gasteiger charge is -2.31. The Hall–Kier alpha value is -0.120. The zero-order chi connectivity index (χ0) is 11.3. The zero-order valence-corrected chi connectivity index (χ0v) is 10.7. The van der Waals surface area contributed by atoms with Gasteiger partial charge in [0.1, 0.15) is 0 Å². The molecule has 0 aromatic rings. The van der Waals surface area contributed by atoms with Crippen LogP contribution in [0.15, 0.2) is 0 Å². The zero-order valence-electron chi connectivity index (χ0n) is 10.7. The van der Waals surface area contributed by atoms with Crippen LogP contribution in [0.1, 0.15) is 26.7 Å². The van der Waals surface area contributed by atoms with E-state index in [1.165, 1.54) is 19.4 Å². The second-order valence-corrected chi connectivity index (χ2v) is 5.23. The fourth-order valence-electron chi connectivity index (χ4n) is 2.33. The summed E-state index contributed by atoms with van der Waals surface area (Å²) in [6, 6.07) is 1.33. The van der Waals surface area contributed by atoms with Crippen LogP contribution in [0.4, 0.5) is 0 Å². The Morgan fingerprint density at radius 2 is 2.13 bits per heavy atom. The highest BCUT2D eigenvalue weighted by atomic mass is 15.1. The SMILES string of the molecule is CC(C)C(CNC1CCCNC1)N(C)C. The minimum absolute atomic E-state index is 0.645. The molecular formula is C12H27N3. The van der Waals surface area contributed by atoms with Gasteiger partial charge in [-0.25, -0.2) is 0 Å². The van der Waals surface area contributed by atoms with Crippen molar-refractivity contribution in [3.05, 3.63) is 0 Å². The van der Waals surface area contributed by atoms with E-state index in [9.17, 15) is 0 Å². The third-order valence-corrected chi connectivity index (χ3v) is 3.35. The van der Waals surface area contributed by atoms with Crippen molar-refractivity contribution in [2.45, 2.75) is 38.8 Å². The van der Waals surface area contributed by atoms with E-state index in [4.69, 9.17) is 0 Å². The normalized spacial score (nSPS) is 24.8. The van der Waals surface area contributed by atoms with E-state index >= 15 is 0 Å². The molecular weight excluding hydrogens is 186 g/mol. The first kappa shape index (κ1) is 12.9. The number of piperidine rings is 1. The Balaban J connectivity index is 2.26. The number of likely N-dealkylation sites (N-methyl/N-ethyl adjacent to an activating group) is 1. The predicted molar refractivity (Wildman–Crippen MR) is 66.2 cm³/mol. The minimum atomic E-state index is 0.645. The highest BCUT2D eigenvalue weighted by Crippen LogP contribution is 2.08. The number of nitrogens with one attached hydrogen (secondary N) is 2. The average molecular weight is 213 g/mol. The van der Waals surface area contributed by atoms with E-state index in [1.807, 2.05) is 0 Å². The third-order valence-electron chi connectivity index (χ3n) is 3.35. The van der Waals surface area contributed by atoms with Gasteiger partial charge in [-0.1, -0.05) is 13.8 Å². The molecule has 0 amide bonds. The topological polar surface area (TPSA) is 27.3 Å². The summed E-state index contributed by atoms with van der Waals surface area (Å²) in [6.07, 6.45) is 2.64. The molecule has 0 aromatic carbocycles. The van der Waals surface area contributed by atoms with Crippen LogP contribution in [-0.4, -0.2) is 50.7 Å². The van der Waals surface area contributed by atoms with Gasteiger partial charge in [-0.05, 0) is 39.4 Å². The highest BCUT2D eigenvalue weighted by molar-refractivity contribution is 4.79. The van der Waals surface area contributed by atoms with Gasteiger partial charge in [-0.2, -0.15) is 0 Å². The van der Waals surface area contributed by atoms with Gasteiger partial charge in [-0.15, -0.1) is 0 Å². The Kier molecular flexibility index (Phi) is 5.58. The number of nitrogens with zero attached hydrogens (tertiary/aromatic N) is 1. The molecule has 1 aliphatic heterocycles. The third kappa shape index (κ3) is 4.49. The molecule has 0 aliphatic carbocycles. The Labute approximate surface area is 94.6 Å². The summed E-state index contributed by atoms with van der Waals surface area (Å²) in [7, 11) is 4.34. The predicted octanol–water partition coefficient (Wildman–Crippen LogP) is 0.914. The monoisotopic (exact) mass is 213 g/mol. The van der Waals surface area contributed by atoms with Gasteiger partial charge in [0.25, 0.3) is 0 Å². The molecule has 3 heteroatoms. The lowest BCUT2D eigenvalue weighted by molar-refractivity contribution is 0.213. The van der Waals surface area contributed by atoms with E-state index in [1.54, 1.807) is 0 Å². The van der Waals surface area contributed by atoms with Crippen LogP contribution in [0.5, 0.6) is 0 Å². The molecule has 15 heavy (non-hydrogen) atoms. The van der Waals surface area contributed by atoms with E-state index in [2.05, 4.69) is 43.5 Å². The number of hydrogen-bond acceptors (Lipinski definition) is 3. The van der Waals surface area contributed by atoms with Crippen molar-refractivity contribution in [2.24, 2.45) is 5.92 Å². The summed E-state index contributed by atoms with van der Waals surface area (Å²) >= 11 is 0. The molecule has 0 saturated carbocycles. The number of hydrogen-bond donors (Lipinski definition) is 2. The maximum Gasteiger partial charge on any atom is 0.0237 e. The molecule has 1 heterocycles. The van der Waals surface area contributed by atoms with Gasteiger partial charge in [0.05, 0.1) is 0 Å². The Morgan fingerprint density at radius 1 is 1.40 bits per heavy atom. The van der Waals surface area contributed by atoms with Gasteiger partial charge >= 0.3 is 0 Å². The van der Waals surface area contributed by atoms with Crippen LogP contribution < -0.4 is 10.6 Å². The highest BCUT2D eigenvalue weighted by Gasteiger charge is 2.18. The quantitative estimate of drug-likeness (QED) is 0.711. The van der Waals surface area contributed by atoms with Gasteiger partial charge in [0.2, 0.25) is 0 Å². The summed E-state index contributed by atoms with van der Waals surface area (Å²) in [4.78, 5) is 2.33. The van der Waals surface area contributed by atoms with Crippen LogP contribution in [0.2, 0.25) is 0 Å². The summed E-state index contributed by atoms with van der Waals surface area (Å²) in [5.41, 5.74) is 0. The van der Waals surface area contributed by atoms with Gasteiger partial charge < -0.3 is 15.5 Å². The average Bonchev–Trinajstić information content (AvgIpc) is 2.18. The Morgan fingerprint density at radius 3 is 2.60 bits per heavy atom. The summed E-state index contributed by atoms with van der Waals surface area (Å²) in [5.74, 6) is 0.712. The van der Waals surface area contributed by atoms with Gasteiger partial charge in [0, 0.05) is 25.2 Å². The first-order valence-electron chi connectivity index (χ1n) is 6.21. The van der Waals surface area contributed by atoms with Gasteiger partial charge in [0.15, 0.2) is 0 Å². The van der Waals surface area contributed by atoms with Crippen molar-refractivity contribution >= 4 is 0 Å². The fraction of sp³-hybridized carbons (Fsp3) is 1.00. The molecule has 1 aliphatic rings. The standard InChI is InChI=1S/C12H27N3/c1-10(2)12(15(3)4)9-14-11-6-5-7-13-8-11/h10-14H,5-9H2,1-4H3. The lowest BCUT2D eigenvalue weighted by Crippen LogP contribution is -2.49. The molecule has 1 rings (SSSR count). The van der Waals surface area contributed by atoms with Crippen molar-refractivity contribution in [1.29, 1.82) is 0 Å². The van der Waals surface area contributed by atoms with Crippen LogP contribution in [0.25, 0.3) is 0 Å². The van der Waals surface area contributed by atoms with Crippen molar-refractivity contribution in [2.75, 3.05) is 33.7 Å². The molecule has 2 atom stereocenters. The summed E-state index contributed by atoms with van der Waals surface area (Å²) in [6.45, 7) is 8.03. The first-order valence-corrected chi connectivity index (χ1v) is 6.21. The molecule has 0 bridgehead atoms. The maximum absolute atomic E-state index is 3.68. The fourth-order valence-corrected chi connectivity index (χ4v) is 2.33. The van der Waals surface area contributed by atoms with Crippen LogP contribution >= 0.6 is 0 Å². The van der Waals surface area contributed by atoms with Crippen molar-refractivity contribution in [1.82, 2.24) is 15.5 Å². The van der Waals surface area contributed by atoms with E-state index in [0.717, 1.165) is 13.1 Å². The molecule has 2 N–H and O–H groups in total. The molecule has 1 fully saturated rings. The van der Waals surface area contributed by atoms with Crippen molar-refractivity contribution in [3.8, 4) is 0 Å². The van der Waals surface area contributed by atoms with E-state index < -0.39 is 0 Å². The van der Waals surface area contributed by atoms with Gasteiger partial charge in [-0.3, -0.25) is 0 Å². The van der Waals surface area contributed by atoms with Crippen LogP contribution in [0, 0.1) is 5.92 Å². The smallest absolute Gasteiger partial charge is 0.0237 e. The summed E-state index contributed by atoms with van der Waals surface area (Å²) < 4.78 is 0. The first-order chi connectivity index (χ1) is 7.11.